The Balaban J connectivity index is 3.07. The molecule has 1 saturated carbocycles. The Bertz CT molecular complexity index is 1190. The topological polar surface area (TPSA) is 258 Å². The van der Waals surface area contributed by atoms with Crippen molar-refractivity contribution in [2.24, 2.45) is 23.5 Å². The molecule has 0 bridgehead atoms. The van der Waals surface area contributed by atoms with Gasteiger partial charge in [-0.05, 0) is 50.9 Å². The molecular weight excluding hydrogens is 674 g/mol. The molecule has 1 aliphatic rings. The largest absolute Gasteiger partial charge is 0.481 e. The third-order valence-electron chi connectivity index (χ3n) is 9.74. The van der Waals surface area contributed by atoms with E-state index >= 15 is 0 Å². The molecule has 10 N–H and O–H groups in total. The molecule has 5 amide bonds. The van der Waals surface area contributed by atoms with Crippen molar-refractivity contribution in [3.05, 3.63) is 0 Å². The second-order valence-corrected chi connectivity index (χ2v) is 14.6. The van der Waals surface area contributed by atoms with Crippen LogP contribution in [0.1, 0.15) is 119 Å². The molecular formula is C36H65N7O9. The predicted octanol–water partition coefficient (Wildman–Crippen LogP) is 1.16. The second kappa shape index (κ2) is 23.7. The summed E-state index contributed by atoms with van der Waals surface area (Å²) in [6.07, 6.45) is 7.09. The van der Waals surface area contributed by atoms with Crippen molar-refractivity contribution in [3.8, 4) is 0 Å². The van der Waals surface area contributed by atoms with Crippen LogP contribution in [-0.2, 0) is 33.6 Å². The van der Waals surface area contributed by atoms with Crippen molar-refractivity contribution in [2.75, 3.05) is 6.54 Å². The highest BCUT2D eigenvalue weighted by Gasteiger charge is 2.33. The van der Waals surface area contributed by atoms with Crippen molar-refractivity contribution >= 4 is 41.5 Å². The maximum absolute atomic E-state index is 13.8. The molecule has 1 rings (SSSR count). The lowest BCUT2D eigenvalue weighted by atomic mass is 9.84. The Kier molecular flexibility index (Phi) is 21.1. The summed E-state index contributed by atoms with van der Waals surface area (Å²) in [7, 11) is 0. The molecule has 298 valence electrons. The van der Waals surface area contributed by atoms with E-state index in [0.717, 1.165) is 32.1 Å². The number of nitrogens with one attached hydrogen (secondary N) is 6. The first-order chi connectivity index (χ1) is 24.4. The first kappa shape index (κ1) is 46.2. The molecule has 1 aliphatic carbocycles. The minimum Gasteiger partial charge on any atom is -0.481 e. The van der Waals surface area contributed by atoms with Crippen LogP contribution < -0.4 is 37.6 Å². The van der Waals surface area contributed by atoms with Crippen molar-refractivity contribution in [1.29, 1.82) is 0 Å². The van der Waals surface area contributed by atoms with E-state index in [9.17, 15) is 33.6 Å². The van der Waals surface area contributed by atoms with Crippen molar-refractivity contribution < 1.29 is 43.8 Å². The highest BCUT2D eigenvalue weighted by Crippen LogP contribution is 2.27. The van der Waals surface area contributed by atoms with Crippen LogP contribution in [0.15, 0.2) is 0 Å². The lowest BCUT2D eigenvalue weighted by molar-refractivity contribution is -0.142. The second-order valence-electron chi connectivity index (χ2n) is 14.6. The van der Waals surface area contributed by atoms with Gasteiger partial charge in [-0.2, -0.15) is 0 Å². The van der Waals surface area contributed by atoms with E-state index in [4.69, 9.17) is 15.9 Å². The van der Waals surface area contributed by atoms with E-state index in [2.05, 4.69) is 31.9 Å². The maximum Gasteiger partial charge on any atom is 0.325 e. The Morgan fingerprint density at radius 1 is 0.692 bits per heavy atom. The van der Waals surface area contributed by atoms with Crippen LogP contribution in [0.5, 0.6) is 0 Å². The molecule has 0 unspecified atom stereocenters. The summed E-state index contributed by atoms with van der Waals surface area (Å²) in [5, 5.41) is 35.0. The van der Waals surface area contributed by atoms with Gasteiger partial charge in [0.05, 0.1) is 12.1 Å². The summed E-state index contributed by atoms with van der Waals surface area (Å²) in [6, 6.07) is -6.25. The number of nitrogens with two attached hydrogens (primary N) is 1. The molecule has 16 heteroatoms. The predicted molar refractivity (Wildman–Crippen MR) is 196 cm³/mol. The fourth-order valence-electron chi connectivity index (χ4n) is 6.10. The normalized spacial score (nSPS) is 18.0. The van der Waals surface area contributed by atoms with Gasteiger partial charge in [0, 0.05) is 19.0 Å². The molecule has 8 atom stereocenters. The number of aliphatic carboxylic acids is 2. The third kappa shape index (κ3) is 16.7. The number of carboxylic acids is 2. The van der Waals surface area contributed by atoms with Crippen molar-refractivity contribution in [2.45, 2.75) is 161 Å². The molecule has 0 saturated heterocycles. The Labute approximate surface area is 308 Å². The first-order valence-corrected chi connectivity index (χ1v) is 18.9. The SMILES string of the molecule is CCC[C@H](NC(=O)[C@@H](NC(=O)[C@@H](N)CCC(=O)O)[C@@H](C)CC)C(=O)N[C@H](CN[C@@H](C)C(=O)N[C@H](C(=O)N[C@@H](C)C(=O)O)C(C)C)CC1CCCCC1. The Morgan fingerprint density at radius 2 is 1.29 bits per heavy atom. The monoisotopic (exact) mass is 739 g/mol. The molecule has 0 radical (unpaired) electrons. The highest BCUT2D eigenvalue weighted by molar-refractivity contribution is 5.94. The fourth-order valence-corrected chi connectivity index (χ4v) is 6.10. The Morgan fingerprint density at radius 3 is 1.83 bits per heavy atom. The number of hydrogen-bond acceptors (Lipinski definition) is 9. The van der Waals surface area contributed by atoms with Crippen molar-refractivity contribution in [1.82, 2.24) is 31.9 Å². The standard InChI is InChI=1S/C36H65N7O9/c1-8-13-27(41-35(50)30(21(5)9-2)43-32(47)26(37)16-17-28(44)45)33(48)40-25(18-24-14-11-10-12-15-24)19-38-22(6)31(46)42-29(20(3)4)34(49)39-23(7)36(51)52/h20-27,29-30,38H,8-19,37H2,1-7H3,(H,39,49)(H,40,48)(H,41,50)(H,42,46)(H,43,47)(H,44,45)(H,51,52)/t21-,22-,23-,25-,26-,27-,29-,30-/m0/s1. The molecule has 0 aromatic heterocycles. The van der Waals surface area contributed by atoms with E-state index in [1.54, 1.807) is 27.7 Å². The van der Waals surface area contributed by atoms with Crippen molar-refractivity contribution in [3.63, 3.8) is 0 Å². The smallest absolute Gasteiger partial charge is 0.325 e. The van der Waals surface area contributed by atoms with Crippen LogP contribution in [0, 0.1) is 17.8 Å². The molecule has 1 fully saturated rings. The van der Waals surface area contributed by atoms with Gasteiger partial charge < -0.3 is 47.8 Å². The zero-order chi connectivity index (χ0) is 39.5. The summed E-state index contributed by atoms with van der Waals surface area (Å²) in [6.45, 7) is 12.2. The average Bonchev–Trinajstić information content (AvgIpc) is 3.09. The maximum atomic E-state index is 13.8. The summed E-state index contributed by atoms with van der Waals surface area (Å²) in [5.74, 6) is -5.19. The zero-order valence-electron chi connectivity index (χ0n) is 32.1. The van der Waals surface area contributed by atoms with E-state index in [-0.39, 0.29) is 37.3 Å². The summed E-state index contributed by atoms with van der Waals surface area (Å²) >= 11 is 0. The van der Waals surface area contributed by atoms with Gasteiger partial charge >= 0.3 is 11.9 Å². The number of carbonyl (C=O) groups is 7. The van der Waals surface area contributed by atoms with Crippen LogP contribution in [0.4, 0.5) is 0 Å². The van der Waals surface area contributed by atoms with E-state index in [1.807, 2.05) is 13.8 Å². The van der Waals surface area contributed by atoms with Crippen LogP contribution in [0.25, 0.3) is 0 Å². The van der Waals surface area contributed by atoms with Gasteiger partial charge in [-0.3, -0.25) is 33.6 Å². The summed E-state index contributed by atoms with van der Waals surface area (Å²) < 4.78 is 0. The van der Waals surface area contributed by atoms with E-state index in [1.165, 1.54) is 6.92 Å². The summed E-state index contributed by atoms with van der Waals surface area (Å²) in [4.78, 5) is 88.2. The van der Waals surface area contributed by atoms with Crippen LogP contribution in [0.3, 0.4) is 0 Å². The number of amides is 5. The first-order valence-electron chi connectivity index (χ1n) is 18.9. The molecule has 0 spiro atoms. The molecule has 0 heterocycles. The fraction of sp³-hybridized carbons (Fsp3) is 0.806. The van der Waals surface area contributed by atoms with Gasteiger partial charge in [0.15, 0.2) is 0 Å². The van der Waals surface area contributed by atoms with Gasteiger partial charge in [-0.25, -0.2) is 0 Å². The molecule has 16 nitrogen and oxygen atoms in total. The lowest BCUT2D eigenvalue weighted by Gasteiger charge is -2.31. The quantitative estimate of drug-likeness (QED) is 0.0679. The van der Waals surface area contributed by atoms with Gasteiger partial charge in [0.1, 0.15) is 24.2 Å². The minimum absolute atomic E-state index is 0.0900. The zero-order valence-corrected chi connectivity index (χ0v) is 32.1. The summed E-state index contributed by atoms with van der Waals surface area (Å²) in [5.41, 5.74) is 5.89. The minimum atomic E-state index is -1.19. The number of carbonyl (C=O) groups excluding carboxylic acids is 5. The van der Waals surface area contributed by atoms with Crippen LogP contribution in [-0.4, -0.2) is 101 Å². The van der Waals surface area contributed by atoms with Gasteiger partial charge in [0.2, 0.25) is 29.5 Å². The van der Waals surface area contributed by atoms with Crippen LogP contribution in [0.2, 0.25) is 0 Å². The van der Waals surface area contributed by atoms with Crippen LogP contribution >= 0.6 is 0 Å². The molecule has 0 aromatic carbocycles. The van der Waals surface area contributed by atoms with Gasteiger partial charge in [-0.1, -0.05) is 79.6 Å². The number of rotatable bonds is 24. The molecule has 52 heavy (non-hydrogen) atoms. The molecule has 0 aliphatic heterocycles. The van der Waals surface area contributed by atoms with Gasteiger partial charge in [-0.15, -0.1) is 0 Å². The number of hydrogen-bond donors (Lipinski definition) is 9. The van der Waals surface area contributed by atoms with E-state index < -0.39 is 77.7 Å². The Hall–Kier alpha value is -3.79. The average molecular weight is 740 g/mol. The number of carboxylic acid groups (broad SMARTS) is 2. The third-order valence-corrected chi connectivity index (χ3v) is 9.74. The molecule has 0 aromatic rings. The highest BCUT2D eigenvalue weighted by atomic mass is 16.4. The lowest BCUT2D eigenvalue weighted by Crippen LogP contribution is -2.59. The van der Waals surface area contributed by atoms with E-state index in [0.29, 0.717) is 31.6 Å². The van der Waals surface area contributed by atoms with Gasteiger partial charge in [0.25, 0.3) is 0 Å².